The van der Waals surface area contributed by atoms with Crippen LogP contribution in [0.3, 0.4) is 0 Å². The highest BCUT2D eigenvalue weighted by molar-refractivity contribution is 5.95. The van der Waals surface area contributed by atoms with Crippen LogP contribution in [0, 0.1) is 10.1 Å². The van der Waals surface area contributed by atoms with E-state index in [4.69, 9.17) is 9.47 Å². The predicted molar refractivity (Wildman–Crippen MR) is 123 cm³/mol. The van der Waals surface area contributed by atoms with Crippen LogP contribution in [0.5, 0.6) is 5.75 Å². The summed E-state index contributed by atoms with van der Waals surface area (Å²) in [6.07, 6.45) is 1.55. The number of ether oxygens (including phenoxy) is 2. The first-order valence-electron chi connectivity index (χ1n) is 10.7. The fourth-order valence-corrected chi connectivity index (χ4v) is 3.66. The monoisotopic (exact) mass is 478 g/mol. The molecule has 0 radical (unpaired) electrons. The van der Waals surface area contributed by atoms with Gasteiger partial charge in [-0.25, -0.2) is 14.3 Å². The third-order valence-electron chi connectivity index (χ3n) is 5.21. The molecule has 1 unspecified atom stereocenters. The van der Waals surface area contributed by atoms with Gasteiger partial charge in [0.1, 0.15) is 23.7 Å². The molecule has 12 nitrogen and oxygen atoms in total. The molecule has 0 aliphatic carbocycles. The van der Waals surface area contributed by atoms with Gasteiger partial charge in [0.15, 0.2) is 0 Å². The molecule has 2 N–H and O–H groups in total. The van der Waals surface area contributed by atoms with E-state index in [9.17, 15) is 19.7 Å². The van der Waals surface area contributed by atoms with Crippen molar-refractivity contribution < 1.29 is 24.0 Å². The molecule has 1 aliphatic rings. The van der Waals surface area contributed by atoms with E-state index in [0.29, 0.717) is 28.3 Å². The zero-order valence-corrected chi connectivity index (χ0v) is 18.9. The summed E-state index contributed by atoms with van der Waals surface area (Å²) in [7, 11) is 0. The minimum atomic E-state index is -0.717. The van der Waals surface area contributed by atoms with Crippen molar-refractivity contribution in [2.45, 2.75) is 26.5 Å². The molecule has 12 heteroatoms. The van der Waals surface area contributed by atoms with Crippen molar-refractivity contribution in [1.29, 1.82) is 0 Å². The molecule has 1 aromatic heterocycles. The molecule has 2 heterocycles. The first-order chi connectivity index (χ1) is 16.9. The fraction of sp³-hybridized carbons (Fsp3) is 0.217. The van der Waals surface area contributed by atoms with Crippen molar-refractivity contribution in [3.8, 4) is 11.4 Å². The molecule has 3 aromatic rings. The molecule has 0 fully saturated rings. The topological polar surface area (TPSA) is 151 Å². The standard InChI is InChI=1S/C23H22N6O6/c1-3-34-22(30)20-14(2)24-23(31)25-21(20)15-7-6-8-17(11-15)35-13-16-12-28(27-26-16)18-9-4-5-10-19(18)29(32)33/h4-12,21H,3,13H2,1-2H3,(H2,24,25,31). The van der Waals surface area contributed by atoms with Crippen LogP contribution in [0.4, 0.5) is 10.5 Å². The van der Waals surface area contributed by atoms with Crippen LogP contribution in [0.1, 0.15) is 31.1 Å². The van der Waals surface area contributed by atoms with E-state index >= 15 is 0 Å². The molecule has 35 heavy (non-hydrogen) atoms. The highest BCUT2D eigenvalue weighted by Gasteiger charge is 2.32. The van der Waals surface area contributed by atoms with Gasteiger partial charge < -0.3 is 20.1 Å². The number of hydrogen-bond donors (Lipinski definition) is 2. The number of benzene rings is 2. The Bertz CT molecular complexity index is 1320. The zero-order chi connectivity index (χ0) is 24.9. The first kappa shape index (κ1) is 23.4. The highest BCUT2D eigenvalue weighted by Crippen LogP contribution is 2.30. The number of rotatable bonds is 8. The number of hydrogen-bond acceptors (Lipinski definition) is 8. The number of amides is 2. The van der Waals surface area contributed by atoms with Crippen LogP contribution in [-0.4, -0.2) is 38.5 Å². The molecule has 0 saturated heterocycles. The van der Waals surface area contributed by atoms with Crippen molar-refractivity contribution in [3.63, 3.8) is 0 Å². The number of nitrogens with zero attached hydrogens (tertiary/aromatic N) is 4. The van der Waals surface area contributed by atoms with Gasteiger partial charge in [0.05, 0.1) is 29.3 Å². The lowest BCUT2D eigenvalue weighted by Gasteiger charge is -2.28. The van der Waals surface area contributed by atoms with E-state index in [-0.39, 0.29) is 24.6 Å². The van der Waals surface area contributed by atoms with Crippen LogP contribution in [0.2, 0.25) is 0 Å². The number of carbonyl (C=O) groups excluding carboxylic acids is 2. The van der Waals surface area contributed by atoms with Gasteiger partial charge in [0, 0.05) is 11.8 Å². The van der Waals surface area contributed by atoms with Gasteiger partial charge in [-0.05, 0) is 37.6 Å². The maximum absolute atomic E-state index is 12.5. The molecular formula is C23H22N6O6. The second-order valence-electron chi connectivity index (χ2n) is 7.55. The molecule has 0 saturated carbocycles. The molecule has 0 bridgehead atoms. The SMILES string of the molecule is CCOC(=O)C1=C(C)NC(=O)NC1c1cccc(OCc2cn(-c3ccccc3[N+](=O)[O-])nn2)c1. The van der Waals surface area contributed by atoms with Gasteiger partial charge in [-0.2, -0.15) is 0 Å². The Morgan fingerprint density at radius 3 is 2.80 bits per heavy atom. The summed E-state index contributed by atoms with van der Waals surface area (Å²) in [6, 6.07) is 12.0. The minimum absolute atomic E-state index is 0.0439. The summed E-state index contributed by atoms with van der Waals surface area (Å²) in [5.41, 5.74) is 1.98. The summed E-state index contributed by atoms with van der Waals surface area (Å²) in [6.45, 7) is 3.59. The Labute approximate surface area is 199 Å². The zero-order valence-electron chi connectivity index (χ0n) is 18.9. The summed E-state index contributed by atoms with van der Waals surface area (Å²) in [5, 5.41) is 24.6. The molecule has 180 valence electrons. The average molecular weight is 478 g/mol. The Balaban J connectivity index is 1.52. The van der Waals surface area contributed by atoms with Gasteiger partial charge in [-0.15, -0.1) is 5.10 Å². The van der Waals surface area contributed by atoms with Crippen molar-refractivity contribution in [3.05, 3.63) is 87.4 Å². The number of allylic oxidation sites excluding steroid dienone is 1. The van der Waals surface area contributed by atoms with Crippen molar-refractivity contribution in [2.24, 2.45) is 0 Å². The second kappa shape index (κ2) is 10.0. The van der Waals surface area contributed by atoms with E-state index in [2.05, 4.69) is 20.9 Å². The predicted octanol–water partition coefficient (Wildman–Crippen LogP) is 2.95. The van der Waals surface area contributed by atoms with E-state index in [1.807, 2.05) is 0 Å². The average Bonchev–Trinajstić information content (AvgIpc) is 3.31. The van der Waals surface area contributed by atoms with Gasteiger partial charge in [0.2, 0.25) is 0 Å². The number of esters is 1. The Morgan fingerprint density at radius 2 is 2.03 bits per heavy atom. The maximum Gasteiger partial charge on any atom is 0.338 e. The lowest BCUT2D eigenvalue weighted by Crippen LogP contribution is -2.45. The first-order valence-corrected chi connectivity index (χ1v) is 10.7. The normalized spacial score (nSPS) is 15.3. The van der Waals surface area contributed by atoms with Crippen molar-refractivity contribution >= 4 is 17.7 Å². The Kier molecular flexibility index (Phi) is 6.71. The van der Waals surface area contributed by atoms with Crippen LogP contribution in [-0.2, 0) is 16.1 Å². The largest absolute Gasteiger partial charge is 0.487 e. The molecule has 1 aliphatic heterocycles. The lowest BCUT2D eigenvalue weighted by atomic mass is 9.95. The third-order valence-corrected chi connectivity index (χ3v) is 5.21. The van der Waals surface area contributed by atoms with Crippen molar-refractivity contribution in [1.82, 2.24) is 25.6 Å². The quantitative estimate of drug-likeness (QED) is 0.285. The van der Waals surface area contributed by atoms with Crippen LogP contribution in [0.25, 0.3) is 5.69 Å². The number of para-hydroxylation sites is 2. The maximum atomic E-state index is 12.5. The smallest absolute Gasteiger partial charge is 0.338 e. The summed E-state index contributed by atoms with van der Waals surface area (Å²) in [5.74, 6) is -0.0585. The lowest BCUT2D eigenvalue weighted by molar-refractivity contribution is -0.384. The van der Waals surface area contributed by atoms with E-state index in [1.54, 1.807) is 62.5 Å². The molecule has 4 rings (SSSR count). The number of nitro benzene ring substituents is 1. The highest BCUT2D eigenvalue weighted by atomic mass is 16.6. The number of nitro groups is 1. The Morgan fingerprint density at radius 1 is 1.23 bits per heavy atom. The van der Waals surface area contributed by atoms with Crippen LogP contribution >= 0.6 is 0 Å². The van der Waals surface area contributed by atoms with Gasteiger partial charge >= 0.3 is 12.0 Å². The van der Waals surface area contributed by atoms with Gasteiger partial charge in [-0.1, -0.05) is 29.5 Å². The van der Waals surface area contributed by atoms with E-state index in [1.165, 1.54) is 10.7 Å². The molecule has 0 spiro atoms. The van der Waals surface area contributed by atoms with Gasteiger partial charge in [0.25, 0.3) is 5.69 Å². The van der Waals surface area contributed by atoms with Gasteiger partial charge in [-0.3, -0.25) is 10.1 Å². The number of carbonyl (C=O) groups is 2. The minimum Gasteiger partial charge on any atom is -0.487 e. The Hall–Kier alpha value is -4.74. The number of aromatic nitrogens is 3. The summed E-state index contributed by atoms with van der Waals surface area (Å²) >= 11 is 0. The molecular weight excluding hydrogens is 456 g/mol. The van der Waals surface area contributed by atoms with E-state index in [0.717, 1.165) is 0 Å². The number of urea groups is 1. The third kappa shape index (κ3) is 5.11. The molecule has 2 aromatic carbocycles. The van der Waals surface area contributed by atoms with Crippen LogP contribution in [0.15, 0.2) is 66.0 Å². The summed E-state index contributed by atoms with van der Waals surface area (Å²) in [4.78, 5) is 35.4. The van der Waals surface area contributed by atoms with E-state index < -0.39 is 23.0 Å². The summed E-state index contributed by atoms with van der Waals surface area (Å²) < 4.78 is 12.3. The van der Waals surface area contributed by atoms with Crippen molar-refractivity contribution in [2.75, 3.05) is 6.61 Å². The molecule has 1 atom stereocenters. The second-order valence-corrected chi connectivity index (χ2v) is 7.55. The number of nitrogens with one attached hydrogen (secondary N) is 2. The molecule has 2 amide bonds. The van der Waals surface area contributed by atoms with Crippen LogP contribution < -0.4 is 15.4 Å². The fourth-order valence-electron chi connectivity index (χ4n) is 3.66.